The van der Waals surface area contributed by atoms with Gasteiger partial charge in [-0.15, -0.1) is 17.8 Å². The molecule has 3 fully saturated rings. The molecule has 240 valence electrons. The number of thiophene rings is 1. The highest BCUT2D eigenvalue weighted by Gasteiger charge is 2.47. The van der Waals surface area contributed by atoms with Crippen molar-refractivity contribution >= 4 is 54.7 Å². The van der Waals surface area contributed by atoms with Crippen molar-refractivity contribution in [3.8, 4) is 41.3 Å². The number of hydrogen-bond donors (Lipinski definition) is 1. The second-order valence-corrected chi connectivity index (χ2v) is 14.0. The summed E-state index contributed by atoms with van der Waals surface area (Å²) in [5.41, 5.74) is 7.03. The maximum atomic E-state index is 17.2. The summed E-state index contributed by atoms with van der Waals surface area (Å²) in [6, 6.07) is 3.85. The zero-order valence-electron chi connectivity index (χ0n) is 25.2. The number of anilines is 2. The van der Waals surface area contributed by atoms with E-state index in [4.69, 9.17) is 43.0 Å². The van der Waals surface area contributed by atoms with Gasteiger partial charge in [-0.05, 0) is 43.9 Å². The number of terminal acetylenes is 1. The van der Waals surface area contributed by atoms with Crippen LogP contribution < -0.4 is 20.1 Å². The minimum absolute atomic E-state index is 0.0207. The summed E-state index contributed by atoms with van der Waals surface area (Å²) in [7, 11) is 0. The SMILES string of the molecule is C#CC1COc2c(Cl)c(-c3ccc(F)c4sc(N)c(C#N)c34)c(F)c3nc(OC[C@@]45CCCN4CC(=C)C5)nc(c23)N1C1CCOC1. The Bertz CT molecular complexity index is 2090. The Morgan fingerprint density at radius 3 is 2.89 bits per heavy atom. The molecule has 3 atom stereocenters. The van der Waals surface area contributed by atoms with Gasteiger partial charge in [-0.2, -0.15) is 15.2 Å². The third-order valence-corrected chi connectivity index (χ3v) is 11.2. The van der Waals surface area contributed by atoms with E-state index in [0.29, 0.717) is 32.1 Å². The Balaban J connectivity index is 1.37. The molecule has 0 spiro atoms. The highest BCUT2D eigenvalue weighted by Crippen LogP contribution is 2.51. The molecule has 2 unspecified atom stereocenters. The van der Waals surface area contributed by atoms with Crippen molar-refractivity contribution in [2.75, 3.05) is 50.2 Å². The normalized spacial score (nSPS) is 23.9. The highest BCUT2D eigenvalue weighted by molar-refractivity contribution is 7.23. The predicted molar refractivity (Wildman–Crippen MR) is 177 cm³/mol. The molecule has 4 aliphatic rings. The van der Waals surface area contributed by atoms with Crippen molar-refractivity contribution in [2.24, 2.45) is 0 Å². The molecule has 9 nitrogen and oxygen atoms in total. The molecule has 0 bridgehead atoms. The van der Waals surface area contributed by atoms with E-state index in [1.807, 2.05) is 11.0 Å². The van der Waals surface area contributed by atoms with Gasteiger partial charge < -0.3 is 24.8 Å². The molecule has 2 aromatic heterocycles. The molecule has 2 N–H and O–H groups in total. The van der Waals surface area contributed by atoms with Crippen LogP contribution in [0.25, 0.3) is 32.1 Å². The van der Waals surface area contributed by atoms with E-state index in [9.17, 15) is 9.65 Å². The van der Waals surface area contributed by atoms with Gasteiger partial charge in [0.1, 0.15) is 47.5 Å². The first-order valence-electron chi connectivity index (χ1n) is 15.4. The minimum atomic E-state index is -0.802. The minimum Gasteiger partial charge on any atom is -0.488 e. The molecule has 2 aromatic carbocycles. The van der Waals surface area contributed by atoms with Gasteiger partial charge in [0.05, 0.1) is 38.9 Å². The largest absolute Gasteiger partial charge is 0.488 e. The standard InChI is InChI=1S/C34H29ClF2N6O3S/c1-3-18-15-45-29-25-28(27(37)24(26(29)35)20-5-6-22(36)30-23(20)21(12-38)31(39)47-30)40-33(41-32(25)43(18)19-7-10-44-14-19)46-16-34-8-4-9-42(34)13-17(2)11-34/h1,5-6,18-19H,2,4,7-11,13-16,39H2/t18?,19?,34-/m0/s1. The molecule has 47 heavy (non-hydrogen) atoms. The maximum absolute atomic E-state index is 17.2. The summed E-state index contributed by atoms with van der Waals surface area (Å²) in [6.45, 7) is 7.22. The quantitative estimate of drug-likeness (QED) is 0.200. The third kappa shape index (κ3) is 4.54. The molecule has 0 radical (unpaired) electrons. The van der Waals surface area contributed by atoms with Crippen LogP contribution in [-0.4, -0.2) is 72.0 Å². The van der Waals surface area contributed by atoms with Crippen molar-refractivity contribution in [2.45, 2.75) is 43.3 Å². The molecule has 4 aliphatic heterocycles. The molecule has 3 saturated heterocycles. The average molecular weight is 675 g/mol. The first-order valence-corrected chi connectivity index (χ1v) is 16.6. The lowest BCUT2D eigenvalue weighted by molar-refractivity contribution is 0.108. The van der Waals surface area contributed by atoms with Crippen molar-refractivity contribution < 1.29 is 23.0 Å². The summed E-state index contributed by atoms with van der Waals surface area (Å²) >= 11 is 7.96. The van der Waals surface area contributed by atoms with E-state index >= 15 is 4.39 Å². The summed E-state index contributed by atoms with van der Waals surface area (Å²) in [5, 5.41) is 10.4. The van der Waals surface area contributed by atoms with Crippen LogP contribution in [0.1, 0.15) is 31.2 Å². The van der Waals surface area contributed by atoms with Gasteiger partial charge in [0, 0.05) is 24.1 Å². The van der Waals surface area contributed by atoms with Crippen LogP contribution in [0.3, 0.4) is 0 Å². The summed E-state index contributed by atoms with van der Waals surface area (Å²) in [5.74, 6) is 1.89. The monoisotopic (exact) mass is 674 g/mol. The number of nitrogens with two attached hydrogens (primary N) is 1. The van der Waals surface area contributed by atoms with Gasteiger partial charge in [-0.3, -0.25) is 4.90 Å². The van der Waals surface area contributed by atoms with Gasteiger partial charge in [-0.1, -0.05) is 35.7 Å². The predicted octanol–water partition coefficient (Wildman–Crippen LogP) is 6.06. The van der Waals surface area contributed by atoms with Gasteiger partial charge in [0.2, 0.25) is 0 Å². The number of ether oxygens (including phenoxy) is 3. The highest BCUT2D eigenvalue weighted by atomic mass is 35.5. The lowest BCUT2D eigenvalue weighted by atomic mass is 9.94. The van der Waals surface area contributed by atoms with E-state index < -0.39 is 17.7 Å². The summed E-state index contributed by atoms with van der Waals surface area (Å²) in [6.07, 6.45) is 9.52. The molecular weight excluding hydrogens is 646 g/mol. The first kappa shape index (κ1) is 30.2. The van der Waals surface area contributed by atoms with Gasteiger partial charge in [0.15, 0.2) is 11.6 Å². The third-order valence-electron chi connectivity index (χ3n) is 9.80. The number of nitrogen functional groups attached to an aromatic ring is 1. The molecule has 8 rings (SSSR count). The van der Waals surface area contributed by atoms with E-state index in [1.54, 1.807) is 0 Å². The number of benzene rings is 2. The second kappa shape index (κ2) is 11.2. The van der Waals surface area contributed by atoms with E-state index in [0.717, 1.165) is 49.3 Å². The van der Waals surface area contributed by atoms with Crippen LogP contribution in [0.5, 0.6) is 11.8 Å². The summed E-state index contributed by atoms with van der Waals surface area (Å²) < 4.78 is 50.7. The number of hydrogen-bond acceptors (Lipinski definition) is 10. The van der Waals surface area contributed by atoms with Gasteiger partial charge in [0.25, 0.3) is 0 Å². The number of halogens is 3. The van der Waals surface area contributed by atoms with Crippen LogP contribution in [0.15, 0.2) is 24.3 Å². The van der Waals surface area contributed by atoms with E-state index in [2.05, 4.69) is 22.4 Å². The zero-order chi connectivity index (χ0) is 32.6. The van der Waals surface area contributed by atoms with Crippen molar-refractivity contribution in [1.29, 1.82) is 5.26 Å². The fourth-order valence-electron chi connectivity index (χ4n) is 7.70. The molecular formula is C34H29ClF2N6O3S. The number of nitrogens with zero attached hydrogens (tertiary/aromatic N) is 5. The fourth-order valence-corrected chi connectivity index (χ4v) is 8.98. The Kier molecular flexibility index (Phi) is 7.19. The molecule has 0 aliphatic carbocycles. The average Bonchev–Trinajstić information content (AvgIpc) is 3.82. The van der Waals surface area contributed by atoms with Crippen molar-refractivity contribution in [1.82, 2.24) is 14.9 Å². The van der Waals surface area contributed by atoms with Crippen molar-refractivity contribution in [3.63, 3.8) is 0 Å². The van der Waals surface area contributed by atoms with Crippen LogP contribution >= 0.6 is 22.9 Å². The van der Waals surface area contributed by atoms with Crippen LogP contribution in [0.4, 0.5) is 19.6 Å². The number of rotatable bonds is 5. The van der Waals surface area contributed by atoms with Crippen molar-refractivity contribution in [3.05, 3.63) is 46.5 Å². The molecule has 4 aromatic rings. The van der Waals surface area contributed by atoms with Crippen LogP contribution in [0, 0.1) is 35.3 Å². The Morgan fingerprint density at radius 2 is 2.13 bits per heavy atom. The first-order chi connectivity index (χ1) is 22.7. The number of fused-ring (bicyclic) bond motifs is 2. The van der Waals surface area contributed by atoms with Crippen LogP contribution in [-0.2, 0) is 4.74 Å². The lowest BCUT2D eigenvalue weighted by Gasteiger charge is -2.33. The van der Waals surface area contributed by atoms with Gasteiger partial charge >= 0.3 is 6.01 Å². The summed E-state index contributed by atoms with van der Waals surface area (Å²) in [4.78, 5) is 13.8. The molecule has 6 heterocycles. The van der Waals surface area contributed by atoms with Gasteiger partial charge in [-0.25, -0.2) is 8.78 Å². The number of nitriles is 1. The topological polar surface area (TPSA) is 110 Å². The zero-order valence-corrected chi connectivity index (χ0v) is 26.8. The lowest BCUT2D eigenvalue weighted by Crippen LogP contribution is -2.46. The fraction of sp³-hybridized carbons (Fsp3) is 0.382. The molecule has 13 heteroatoms. The number of aromatic nitrogens is 2. The Hall–Kier alpha value is -4.20. The van der Waals surface area contributed by atoms with E-state index in [-0.39, 0.29) is 77.7 Å². The van der Waals surface area contributed by atoms with Crippen LogP contribution in [0.2, 0.25) is 5.02 Å². The maximum Gasteiger partial charge on any atom is 0.319 e. The molecule has 0 saturated carbocycles. The Morgan fingerprint density at radius 1 is 1.28 bits per heavy atom. The second-order valence-electron chi connectivity index (χ2n) is 12.5. The van der Waals surface area contributed by atoms with E-state index in [1.165, 1.54) is 12.1 Å². The Labute approximate surface area is 278 Å². The smallest absolute Gasteiger partial charge is 0.319 e. The molecule has 0 amide bonds.